The maximum Gasteiger partial charge on any atom is 0.320 e. The summed E-state index contributed by atoms with van der Waals surface area (Å²) in [7, 11) is 0. The van der Waals surface area contributed by atoms with Gasteiger partial charge in [-0.2, -0.15) is 0 Å². The van der Waals surface area contributed by atoms with Gasteiger partial charge in [0.25, 0.3) is 0 Å². The van der Waals surface area contributed by atoms with Gasteiger partial charge in [0.1, 0.15) is 6.04 Å². The van der Waals surface area contributed by atoms with Crippen LogP contribution < -0.4 is 11.1 Å². The number of hydrogen-bond acceptors (Lipinski definition) is 3. The first-order valence-corrected chi connectivity index (χ1v) is 9.83. The van der Waals surface area contributed by atoms with Gasteiger partial charge in [-0.3, -0.25) is 9.59 Å². The van der Waals surface area contributed by atoms with Crippen molar-refractivity contribution < 1.29 is 14.7 Å². The Kier molecular flexibility index (Phi) is 16.0. The second-order valence-electron chi connectivity index (χ2n) is 6.72. The highest BCUT2D eigenvalue weighted by Crippen LogP contribution is 2.11. The molecular formula is C19H38N2O3. The highest BCUT2D eigenvalue weighted by Gasteiger charge is 2.10. The molecule has 0 unspecified atom stereocenters. The normalized spacial score (nSPS) is 12.1. The summed E-state index contributed by atoms with van der Waals surface area (Å²) in [5.74, 6) is -0.850. The van der Waals surface area contributed by atoms with Crippen LogP contribution in [-0.2, 0) is 9.59 Å². The maximum atomic E-state index is 11.7. The SMILES string of the molecule is CCCCCCCCCCCCC(=O)NCCCC[C@H](N)C(=O)O. The molecule has 4 N–H and O–H groups in total. The summed E-state index contributed by atoms with van der Waals surface area (Å²) in [6.07, 6.45) is 15.3. The molecule has 0 radical (unpaired) electrons. The van der Waals surface area contributed by atoms with Crippen molar-refractivity contribution in [1.82, 2.24) is 5.32 Å². The van der Waals surface area contributed by atoms with Crippen LogP contribution in [0.2, 0.25) is 0 Å². The first-order chi connectivity index (χ1) is 11.6. The third kappa shape index (κ3) is 15.8. The summed E-state index contributed by atoms with van der Waals surface area (Å²) in [4.78, 5) is 22.2. The van der Waals surface area contributed by atoms with Crippen molar-refractivity contribution in [2.24, 2.45) is 5.73 Å². The molecular weight excluding hydrogens is 304 g/mol. The number of carboxylic acids is 1. The summed E-state index contributed by atoms with van der Waals surface area (Å²) in [6.45, 7) is 2.86. The van der Waals surface area contributed by atoms with Gasteiger partial charge >= 0.3 is 5.97 Å². The molecule has 0 heterocycles. The summed E-state index contributed by atoms with van der Waals surface area (Å²) in [5, 5.41) is 11.5. The van der Waals surface area contributed by atoms with E-state index in [9.17, 15) is 9.59 Å². The lowest BCUT2D eigenvalue weighted by Crippen LogP contribution is -2.30. The first kappa shape index (κ1) is 22.9. The summed E-state index contributed by atoms with van der Waals surface area (Å²) >= 11 is 0. The number of aliphatic carboxylic acids is 1. The van der Waals surface area contributed by atoms with Crippen LogP contribution >= 0.6 is 0 Å². The highest BCUT2D eigenvalue weighted by molar-refractivity contribution is 5.75. The quantitative estimate of drug-likeness (QED) is 0.348. The van der Waals surface area contributed by atoms with Gasteiger partial charge in [-0.15, -0.1) is 0 Å². The number of carbonyl (C=O) groups is 2. The number of hydrogen-bond donors (Lipinski definition) is 3. The van der Waals surface area contributed by atoms with E-state index >= 15 is 0 Å². The smallest absolute Gasteiger partial charge is 0.320 e. The molecule has 0 aromatic heterocycles. The van der Waals surface area contributed by atoms with Crippen LogP contribution in [0, 0.1) is 0 Å². The number of nitrogens with one attached hydrogen (secondary N) is 1. The van der Waals surface area contributed by atoms with Crippen molar-refractivity contribution in [2.45, 2.75) is 103 Å². The van der Waals surface area contributed by atoms with E-state index < -0.39 is 12.0 Å². The zero-order valence-electron chi connectivity index (χ0n) is 15.5. The molecule has 0 aliphatic carbocycles. The van der Waals surface area contributed by atoms with Crippen LogP contribution in [-0.4, -0.2) is 29.6 Å². The van der Waals surface area contributed by atoms with Crippen molar-refractivity contribution in [2.75, 3.05) is 6.54 Å². The van der Waals surface area contributed by atoms with Gasteiger partial charge in [0.2, 0.25) is 5.91 Å². The molecule has 24 heavy (non-hydrogen) atoms. The van der Waals surface area contributed by atoms with E-state index in [1.54, 1.807) is 0 Å². The molecule has 0 bridgehead atoms. The zero-order valence-corrected chi connectivity index (χ0v) is 15.5. The van der Waals surface area contributed by atoms with Crippen LogP contribution in [0.5, 0.6) is 0 Å². The molecule has 5 nitrogen and oxygen atoms in total. The Balaban J connectivity index is 3.25. The van der Waals surface area contributed by atoms with Gasteiger partial charge in [-0.1, -0.05) is 64.7 Å². The van der Waals surface area contributed by atoms with E-state index in [-0.39, 0.29) is 5.91 Å². The lowest BCUT2D eigenvalue weighted by Gasteiger charge is -2.07. The zero-order chi connectivity index (χ0) is 18.0. The third-order valence-corrected chi connectivity index (χ3v) is 4.34. The van der Waals surface area contributed by atoms with E-state index in [2.05, 4.69) is 12.2 Å². The predicted octanol–water partition coefficient (Wildman–Crippen LogP) is 4.00. The Bertz CT molecular complexity index is 322. The lowest BCUT2D eigenvalue weighted by atomic mass is 10.1. The molecule has 0 aliphatic heterocycles. The lowest BCUT2D eigenvalue weighted by molar-refractivity contribution is -0.138. The monoisotopic (exact) mass is 342 g/mol. The molecule has 0 saturated heterocycles. The standard InChI is InChI=1S/C19H38N2O3/c1-2-3-4-5-6-7-8-9-10-11-15-18(22)21-16-13-12-14-17(20)19(23)24/h17H,2-16,20H2,1H3,(H,21,22)(H,23,24)/t17-/m0/s1. The third-order valence-electron chi connectivity index (χ3n) is 4.34. The summed E-state index contributed by atoms with van der Waals surface area (Å²) in [6, 6.07) is -0.785. The molecule has 0 spiro atoms. The Morgan fingerprint density at radius 3 is 1.96 bits per heavy atom. The van der Waals surface area contributed by atoms with Gasteiger partial charge in [0.15, 0.2) is 0 Å². The fraction of sp³-hybridized carbons (Fsp3) is 0.895. The molecule has 0 aromatic rings. The Morgan fingerprint density at radius 2 is 1.42 bits per heavy atom. The molecule has 0 fully saturated rings. The number of amides is 1. The van der Waals surface area contributed by atoms with E-state index in [1.807, 2.05) is 0 Å². The Morgan fingerprint density at radius 1 is 0.875 bits per heavy atom. The van der Waals surface area contributed by atoms with E-state index in [0.29, 0.717) is 19.4 Å². The van der Waals surface area contributed by atoms with E-state index in [0.717, 1.165) is 25.7 Å². The topological polar surface area (TPSA) is 92.4 Å². The molecule has 5 heteroatoms. The van der Waals surface area contributed by atoms with E-state index in [4.69, 9.17) is 10.8 Å². The second kappa shape index (κ2) is 16.7. The maximum absolute atomic E-state index is 11.7. The van der Waals surface area contributed by atoms with Crippen LogP contribution in [0.15, 0.2) is 0 Å². The predicted molar refractivity (Wildman–Crippen MR) is 98.9 cm³/mol. The van der Waals surface area contributed by atoms with Crippen LogP contribution in [0.1, 0.15) is 96.8 Å². The minimum absolute atomic E-state index is 0.108. The van der Waals surface area contributed by atoms with Gasteiger partial charge < -0.3 is 16.2 Å². The second-order valence-corrected chi connectivity index (χ2v) is 6.72. The highest BCUT2D eigenvalue weighted by atomic mass is 16.4. The van der Waals surface area contributed by atoms with E-state index in [1.165, 1.54) is 51.4 Å². The van der Waals surface area contributed by atoms with Gasteiger partial charge in [-0.25, -0.2) is 0 Å². The Labute approximate surface area is 147 Å². The average molecular weight is 343 g/mol. The van der Waals surface area contributed by atoms with Gasteiger partial charge in [0, 0.05) is 13.0 Å². The van der Waals surface area contributed by atoms with Crippen LogP contribution in [0.25, 0.3) is 0 Å². The number of nitrogens with two attached hydrogens (primary N) is 1. The van der Waals surface area contributed by atoms with Crippen molar-refractivity contribution in [1.29, 1.82) is 0 Å². The largest absolute Gasteiger partial charge is 0.480 e. The molecule has 1 amide bonds. The minimum atomic E-state index is -0.958. The van der Waals surface area contributed by atoms with Crippen molar-refractivity contribution in [3.63, 3.8) is 0 Å². The number of carbonyl (C=O) groups excluding carboxylic acids is 1. The van der Waals surface area contributed by atoms with Crippen LogP contribution in [0.4, 0.5) is 0 Å². The Hall–Kier alpha value is -1.10. The summed E-state index contributed by atoms with van der Waals surface area (Å²) in [5.41, 5.74) is 5.42. The molecule has 142 valence electrons. The molecule has 0 rings (SSSR count). The number of rotatable bonds is 17. The number of carboxylic acid groups (broad SMARTS) is 1. The van der Waals surface area contributed by atoms with Gasteiger partial charge in [-0.05, 0) is 25.7 Å². The van der Waals surface area contributed by atoms with Crippen molar-refractivity contribution >= 4 is 11.9 Å². The van der Waals surface area contributed by atoms with Gasteiger partial charge in [0.05, 0.1) is 0 Å². The first-order valence-electron chi connectivity index (χ1n) is 9.83. The fourth-order valence-corrected chi connectivity index (χ4v) is 2.70. The average Bonchev–Trinajstić information content (AvgIpc) is 2.55. The van der Waals surface area contributed by atoms with Crippen molar-refractivity contribution in [3.8, 4) is 0 Å². The molecule has 1 atom stereocenters. The molecule has 0 aliphatic rings. The number of unbranched alkanes of at least 4 members (excludes halogenated alkanes) is 10. The van der Waals surface area contributed by atoms with Crippen LogP contribution in [0.3, 0.4) is 0 Å². The summed E-state index contributed by atoms with van der Waals surface area (Å²) < 4.78 is 0. The van der Waals surface area contributed by atoms with Crippen molar-refractivity contribution in [3.05, 3.63) is 0 Å². The minimum Gasteiger partial charge on any atom is -0.480 e. The molecule has 0 saturated carbocycles. The molecule has 0 aromatic carbocycles. The fourth-order valence-electron chi connectivity index (χ4n) is 2.70.